The summed E-state index contributed by atoms with van der Waals surface area (Å²) >= 11 is 5.53. The summed E-state index contributed by atoms with van der Waals surface area (Å²) in [5.74, 6) is 1.47. The molecule has 0 aliphatic heterocycles. The van der Waals surface area contributed by atoms with Crippen LogP contribution in [0.3, 0.4) is 0 Å². The molecule has 2 nitrogen and oxygen atoms in total. The average molecular weight is 271 g/mol. The van der Waals surface area contributed by atoms with Crippen molar-refractivity contribution in [3.05, 3.63) is 29.3 Å². The molecule has 1 aromatic rings. The highest BCUT2D eigenvalue weighted by Gasteiger charge is 2.18. The largest absolute Gasteiger partial charge is 0.491 e. The fraction of sp³-hybridized carbons (Fsp3) is 0.600. The molecule has 0 unspecified atom stereocenters. The fourth-order valence-corrected chi connectivity index (χ4v) is 1.83. The van der Waals surface area contributed by atoms with Gasteiger partial charge >= 0.3 is 0 Å². The van der Waals surface area contributed by atoms with E-state index in [1.165, 1.54) is 11.1 Å². The molecule has 1 aromatic carbocycles. The highest BCUT2D eigenvalue weighted by atomic mass is 35.5. The molecular formula is C15H23ClO2. The molecule has 0 amide bonds. The number of halogens is 1. The summed E-state index contributed by atoms with van der Waals surface area (Å²) in [4.78, 5) is 0. The van der Waals surface area contributed by atoms with Crippen molar-refractivity contribution in [3.8, 4) is 5.75 Å². The zero-order chi connectivity index (χ0) is 13.6. The van der Waals surface area contributed by atoms with Crippen LogP contribution in [0.1, 0.15) is 31.9 Å². The number of hydrogen-bond acceptors (Lipinski definition) is 2. The molecule has 0 N–H and O–H groups in total. The van der Waals surface area contributed by atoms with Crippen molar-refractivity contribution in [3.63, 3.8) is 0 Å². The molecule has 0 saturated carbocycles. The molecule has 102 valence electrons. The van der Waals surface area contributed by atoms with E-state index in [9.17, 15) is 0 Å². The lowest BCUT2D eigenvalue weighted by Crippen LogP contribution is -2.15. The molecule has 18 heavy (non-hydrogen) atoms. The van der Waals surface area contributed by atoms with Gasteiger partial charge in [0.2, 0.25) is 0 Å². The molecule has 0 fully saturated rings. The Bertz CT molecular complexity index is 369. The Morgan fingerprint density at radius 1 is 1.11 bits per heavy atom. The highest BCUT2D eigenvalue weighted by Crippen LogP contribution is 2.32. The minimum absolute atomic E-state index is 0.0817. The van der Waals surface area contributed by atoms with E-state index in [0.29, 0.717) is 25.7 Å². The van der Waals surface area contributed by atoms with Crippen LogP contribution < -0.4 is 4.74 Å². The van der Waals surface area contributed by atoms with Crippen molar-refractivity contribution in [2.45, 2.75) is 33.1 Å². The number of benzene rings is 1. The van der Waals surface area contributed by atoms with Gasteiger partial charge in [0.25, 0.3) is 0 Å². The number of aryl methyl sites for hydroxylation is 1. The van der Waals surface area contributed by atoms with Crippen LogP contribution in [-0.2, 0) is 10.2 Å². The van der Waals surface area contributed by atoms with Gasteiger partial charge in [-0.1, -0.05) is 38.5 Å². The molecule has 0 saturated heterocycles. The Morgan fingerprint density at radius 3 is 2.44 bits per heavy atom. The Hall–Kier alpha value is -0.730. The van der Waals surface area contributed by atoms with Crippen LogP contribution >= 0.6 is 11.6 Å². The number of ether oxygens (including phenoxy) is 2. The molecule has 0 heterocycles. The molecule has 0 atom stereocenters. The number of alkyl halides is 1. The van der Waals surface area contributed by atoms with Crippen LogP contribution in [0.4, 0.5) is 0 Å². The van der Waals surface area contributed by atoms with Crippen molar-refractivity contribution in [2.24, 2.45) is 0 Å². The minimum Gasteiger partial charge on any atom is -0.491 e. The first-order valence-electron chi connectivity index (χ1n) is 6.33. The standard InChI is InChI=1S/C15H23ClO2/c1-12-5-6-14(13(11-12)15(2,3)4)18-10-9-17-8-7-16/h5-6,11H,7-10H2,1-4H3. The predicted molar refractivity (Wildman–Crippen MR) is 76.9 cm³/mol. The molecule has 0 bridgehead atoms. The highest BCUT2D eigenvalue weighted by molar-refractivity contribution is 6.17. The van der Waals surface area contributed by atoms with Gasteiger partial charge < -0.3 is 9.47 Å². The Kier molecular flexibility index (Phi) is 5.97. The molecule has 0 aliphatic carbocycles. The number of hydrogen-bond donors (Lipinski definition) is 0. The third kappa shape index (κ3) is 4.87. The first-order chi connectivity index (χ1) is 8.45. The zero-order valence-corrected chi connectivity index (χ0v) is 12.5. The first-order valence-corrected chi connectivity index (χ1v) is 6.86. The Balaban J connectivity index is 2.65. The van der Waals surface area contributed by atoms with Crippen LogP contribution in [0.2, 0.25) is 0 Å². The van der Waals surface area contributed by atoms with E-state index >= 15 is 0 Å². The van der Waals surface area contributed by atoms with Gasteiger partial charge in [-0.2, -0.15) is 0 Å². The van der Waals surface area contributed by atoms with Crippen LogP contribution in [0.25, 0.3) is 0 Å². The topological polar surface area (TPSA) is 18.5 Å². The van der Waals surface area contributed by atoms with Gasteiger partial charge in [-0.3, -0.25) is 0 Å². The first kappa shape index (κ1) is 15.3. The smallest absolute Gasteiger partial charge is 0.123 e. The average Bonchev–Trinajstić information content (AvgIpc) is 2.29. The van der Waals surface area contributed by atoms with E-state index in [0.717, 1.165) is 5.75 Å². The molecule has 3 heteroatoms. The van der Waals surface area contributed by atoms with Gasteiger partial charge in [0.1, 0.15) is 12.4 Å². The van der Waals surface area contributed by atoms with E-state index in [4.69, 9.17) is 21.1 Å². The second kappa shape index (κ2) is 7.01. The van der Waals surface area contributed by atoms with Gasteiger partial charge in [0, 0.05) is 5.88 Å². The minimum atomic E-state index is 0.0817. The van der Waals surface area contributed by atoms with E-state index in [-0.39, 0.29) is 5.41 Å². The maximum atomic E-state index is 5.80. The third-order valence-electron chi connectivity index (χ3n) is 2.65. The summed E-state index contributed by atoms with van der Waals surface area (Å²) in [6, 6.07) is 6.30. The van der Waals surface area contributed by atoms with E-state index in [1.807, 2.05) is 6.07 Å². The summed E-state index contributed by atoms with van der Waals surface area (Å²) in [5, 5.41) is 0. The van der Waals surface area contributed by atoms with Gasteiger partial charge in [0.15, 0.2) is 0 Å². The van der Waals surface area contributed by atoms with Crippen molar-refractivity contribution in [2.75, 3.05) is 25.7 Å². The molecular weight excluding hydrogens is 248 g/mol. The predicted octanol–water partition coefficient (Wildman–Crippen LogP) is 3.93. The normalized spacial score (nSPS) is 11.6. The maximum absolute atomic E-state index is 5.80. The lowest BCUT2D eigenvalue weighted by molar-refractivity contribution is 0.110. The van der Waals surface area contributed by atoms with Crippen molar-refractivity contribution < 1.29 is 9.47 Å². The zero-order valence-electron chi connectivity index (χ0n) is 11.8. The Labute approximate surface area is 115 Å². The summed E-state index contributed by atoms with van der Waals surface area (Å²) < 4.78 is 11.1. The SMILES string of the molecule is Cc1ccc(OCCOCCCl)c(C(C)(C)C)c1. The van der Waals surface area contributed by atoms with Gasteiger partial charge in [-0.15, -0.1) is 11.6 Å². The lowest BCUT2D eigenvalue weighted by Gasteiger charge is -2.23. The van der Waals surface area contributed by atoms with Gasteiger partial charge in [-0.25, -0.2) is 0 Å². The van der Waals surface area contributed by atoms with E-state index in [2.05, 4.69) is 39.8 Å². The second-order valence-corrected chi connectivity index (χ2v) is 5.78. The molecule has 1 rings (SSSR count). The second-order valence-electron chi connectivity index (χ2n) is 5.40. The lowest BCUT2D eigenvalue weighted by atomic mass is 9.85. The van der Waals surface area contributed by atoms with Gasteiger partial charge in [0.05, 0.1) is 13.2 Å². The third-order valence-corrected chi connectivity index (χ3v) is 2.80. The summed E-state index contributed by atoms with van der Waals surface area (Å²) in [5.41, 5.74) is 2.57. The van der Waals surface area contributed by atoms with E-state index < -0.39 is 0 Å². The summed E-state index contributed by atoms with van der Waals surface area (Å²) in [7, 11) is 0. The molecule has 0 spiro atoms. The molecule has 0 aliphatic rings. The van der Waals surface area contributed by atoms with Crippen LogP contribution in [0.15, 0.2) is 18.2 Å². The molecule has 0 aromatic heterocycles. The van der Waals surface area contributed by atoms with Crippen molar-refractivity contribution in [1.82, 2.24) is 0 Å². The van der Waals surface area contributed by atoms with Crippen LogP contribution in [0, 0.1) is 6.92 Å². The van der Waals surface area contributed by atoms with Gasteiger partial charge in [-0.05, 0) is 24.0 Å². The summed E-state index contributed by atoms with van der Waals surface area (Å²) in [6.07, 6.45) is 0. The van der Waals surface area contributed by atoms with Crippen LogP contribution in [-0.4, -0.2) is 25.7 Å². The van der Waals surface area contributed by atoms with Crippen molar-refractivity contribution >= 4 is 11.6 Å². The van der Waals surface area contributed by atoms with Crippen LogP contribution in [0.5, 0.6) is 5.75 Å². The monoisotopic (exact) mass is 270 g/mol. The summed E-state index contributed by atoms with van der Waals surface area (Å²) in [6.45, 7) is 10.4. The van der Waals surface area contributed by atoms with Crippen molar-refractivity contribution in [1.29, 1.82) is 0 Å². The maximum Gasteiger partial charge on any atom is 0.123 e. The Morgan fingerprint density at radius 2 is 1.83 bits per heavy atom. The van der Waals surface area contributed by atoms with E-state index in [1.54, 1.807) is 0 Å². The quantitative estimate of drug-likeness (QED) is 0.576. The number of rotatable bonds is 6. The molecule has 0 radical (unpaired) electrons. The fourth-order valence-electron chi connectivity index (χ4n) is 1.72.